The molecule has 0 radical (unpaired) electrons. The van der Waals surface area contributed by atoms with E-state index in [-0.39, 0.29) is 11.9 Å². The first-order valence-corrected chi connectivity index (χ1v) is 11.8. The lowest BCUT2D eigenvalue weighted by atomic mass is 9.97. The van der Waals surface area contributed by atoms with E-state index in [1.807, 2.05) is 40.1 Å². The van der Waals surface area contributed by atoms with Crippen LogP contribution in [-0.2, 0) is 6.54 Å². The fourth-order valence-corrected chi connectivity index (χ4v) is 4.56. The molecule has 32 heavy (non-hydrogen) atoms. The Morgan fingerprint density at radius 3 is 2.62 bits per heavy atom. The average Bonchev–Trinajstić information content (AvgIpc) is 2.81. The number of rotatable bonds is 7. The van der Waals surface area contributed by atoms with E-state index in [0.717, 1.165) is 37.1 Å². The molecule has 2 aromatic rings. The molecule has 1 saturated heterocycles. The van der Waals surface area contributed by atoms with Gasteiger partial charge in [-0.15, -0.1) is 0 Å². The lowest BCUT2D eigenvalue weighted by molar-refractivity contribution is 0.0954. The number of benzene rings is 2. The van der Waals surface area contributed by atoms with E-state index in [2.05, 4.69) is 36.5 Å². The number of anilines is 1. The van der Waals surface area contributed by atoms with Gasteiger partial charge in [0.15, 0.2) is 0 Å². The third-order valence-electron chi connectivity index (χ3n) is 6.32. The van der Waals surface area contributed by atoms with Gasteiger partial charge >= 0.3 is 6.03 Å². The van der Waals surface area contributed by atoms with Crippen molar-refractivity contribution in [1.82, 2.24) is 10.2 Å². The second kappa shape index (κ2) is 10.5. The van der Waals surface area contributed by atoms with E-state index < -0.39 is 0 Å². The standard InChI is InChI=1S/C27H33N3O2/c1-21-7-5-10-23(19-21)20-29-17-6-18-30(27(29)32)25-13-11-24(12-14-25)26(31)28-16-15-22-8-3-2-4-9-22/h5,7-8,10-14,19H,2-4,6,9,15-18,20H2,1H3,(H,28,31). The maximum Gasteiger partial charge on any atom is 0.324 e. The number of amides is 3. The molecule has 5 nitrogen and oxygen atoms in total. The number of allylic oxidation sites excluding steroid dienone is 1. The minimum absolute atomic E-state index is 0.0238. The summed E-state index contributed by atoms with van der Waals surface area (Å²) in [7, 11) is 0. The highest BCUT2D eigenvalue weighted by molar-refractivity contribution is 5.96. The Morgan fingerprint density at radius 1 is 1.03 bits per heavy atom. The Bertz CT molecular complexity index is 981. The van der Waals surface area contributed by atoms with Crippen molar-refractivity contribution < 1.29 is 9.59 Å². The van der Waals surface area contributed by atoms with Crippen LogP contribution in [0.5, 0.6) is 0 Å². The number of urea groups is 1. The first-order chi connectivity index (χ1) is 15.6. The van der Waals surface area contributed by atoms with E-state index in [1.54, 1.807) is 0 Å². The Kier molecular flexibility index (Phi) is 7.25. The zero-order valence-corrected chi connectivity index (χ0v) is 19.0. The largest absolute Gasteiger partial charge is 0.352 e. The van der Waals surface area contributed by atoms with Crippen LogP contribution < -0.4 is 10.2 Å². The predicted octanol–water partition coefficient (Wildman–Crippen LogP) is 5.45. The molecule has 1 aliphatic carbocycles. The maximum absolute atomic E-state index is 13.1. The van der Waals surface area contributed by atoms with E-state index in [9.17, 15) is 9.59 Å². The summed E-state index contributed by atoms with van der Waals surface area (Å²) in [6, 6.07) is 15.7. The van der Waals surface area contributed by atoms with Gasteiger partial charge in [-0.1, -0.05) is 41.5 Å². The van der Waals surface area contributed by atoms with Crippen molar-refractivity contribution in [3.63, 3.8) is 0 Å². The molecule has 0 spiro atoms. The fourth-order valence-electron chi connectivity index (χ4n) is 4.56. The molecule has 0 saturated carbocycles. The van der Waals surface area contributed by atoms with Crippen LogP contribution in [0.3, 0.4) is 0 Å². The average molecular weight is 432 g/mol. The number of carbonyl (C=O) groups excluding carboxylic acids is 2. The molecule has 1 heterocycles. The molecule has 0 unspecified atom stereocenters. The molecule has 5 heteroatoms. The SMILES string of the molecule is Cc1cccc(CN2CCCN(c3ccc(C(=O)NCCC4=CCCCC4)cc3)C2=O)c1. The second-order valence-corrected chi connectivity index (χ2v) is 8.86. The molecule has 0 atom stereocenters. The summed E-state index contributed by atoms with van der Waals surface area (Å²) >= 11 is 0. The van der Waals surface area contributed by atoms with Crippen molar-refractivity contribution in [2.45, 2.75) is 52.0 Å². The fraction of sp³-hybridized carbons (Fsp3) is 0.407. The Labute approximate surface area is 191 Å². The smallest absolute Gasteiger partial charge is 0.324 e. The van der Waals surface area contributed by atoms with Gasteiger partial charge in [-0.2, -0.15) is 0 Å². The lowest BCUT2D eigenvalue weighted by Gasteiger charge is -2.35. The van der Waals surface area contributed by atoms with Gasteiger partial charge in [0.1, 0.15) is 0 Å². The molecule has 1 N–H and O–H groups in total. The van der Waals surface area contributed by atoms with Crippen molar-refractivity contribution >= 4 is 17.6 Å². The van der Waals surface area contributed by atoms with E-state index in [4.69, 9.17) is 0 Å². The van der Waals surface area contributed by atoms with Gasteiger partial charge in [0.05, 0.1) is 0 Å². The molecule has 2 aromatic carbocycles. The molecular weight excluding hydrogens is 398 g/mol. The highest BCUT2D eigenvalue weighted by Crippen LogP contribution is 2.23. The molecule has 3 amide bonds. The van der Waals surface area contributed by atoms with E-state index in [0.29, 0.717) is 25.2 Å². The summed E-state index contributed by atoms with van der Waals surface area (Å²) < 4.78 is 0. The predicted molar refractivity (Wildman–Crippen MR) is 129 cm³/mol. The molecule has 168 valence electrons. The number of hydrogen-bond donors (Lipinski definition) is 1. The highest BCUT2D eigenvalue weighted by Gasteiger charge is 2.27. The summed E-state index contributed by atoms with van der Waals surface area (Å²) in [5, 5.41) is 3.02. The summed E-state index contributed by atoms with van der Waals surface area (Å²) in [4.78, 5) is 29.3. The van der Waals surface area contributed by atoms with Gasteiger partial charge < -0.3 is 10.2 Å². The number of aryl methyl sites for hydroxylation is 1. The Balaban J connectivity index is 1.33. The van der Waals surface area contributed by atoms with Crippen molar-refractivity contribution in [2.24, 2.45) is 0 Å². The van der Waals surface area contributed by atoms with Crippen molar-refractivity contribution in [3.05, 3.63) is 76.9 Å². The zero-order chi connectivity index (χ0) is 22.3. The second-order valence-electron chi connectivity index (χ2n) is 8.86. The lowest BCUT2D eigenvalue weighted by Crippen LogP contribution is -2.49. The minimum atomic E-state index is -0.0565. The van der Waals surface area contributed by atoms with E-state index >= 15 is 0 Å². The third kappa shape index (κ3) is 5.58. The number of nitrogens with one attached hydrogen (secondary N) is 1. The first-order valence-electron chi connectivity index (χ1n) is 11.8. The van der Waals surface area contributed by atoms with Crippen LogP contribution in [0.25, 0.3) is 0 Å². The quantitative estimate of drug-likeness (QED) is 0.593. The number of nitrogens with zero attached hydrogens (tertiary/aromatic N) is 2. The summed E-state index contributed by atoms with van der Waals surface area (Å²) in [5.74, 6) is -0.0565. The maximum atomic E-state index is 13.1. The molecule has 4 rings (SSSR count). The molecular formula is C27H33N3O2. The summed E-state index contributed by atoms with van der Waals surface area (Å²) in [6.45, 7) is 4.82. The Hall–Kier alpha value is -3.08. The minimum Gasteiger partial charge on any atom is -0.352 e. The topological polar surface area (TPSA) is 52.6 Å². The van der Waals surface area contributed by atoms with Crippen LogP contribution in [0.4, 0.5) is 10.5 Å². The molecule has 0 aromatic heterocycles. The van der Waals surface area contributed by atoms with Gasteiger partial charge in [-0.25, -0.2) is 4.79 Å². The number of carbonyl (C=O) groups is 2. The van der Waals surface area contributed by atoms with Crippen molar-refractivity contribution in [3.8, 4) is 0 Å². The highest BCUT2D eigenvalue weighted by atomic mass is 16.2. The third-order valence-corrected chi connectivity index (χ3v) is 6.32. The van der Waals surface area contributed by atoms with Crippen LogP contribution in [0, 0.1) is 6.92 Å². The zero-order valence-electron chi connectivity index (χ0n) is 19.0. The van der Waals surface area contributed by atoms with Crippen LogP contribution >= 0.6 is 0 Å². The Morgan fingerprint density at radius 2 is 1.88 bits per heavy atom. The normalized spacial score (nSPS) is 16.7. The van der Waals surface area contributed by atoms with Crippen LogP contribution in [0.1, 0.15) is 60.0 Å². The molecule has 1 fully saturated rings. The number of hydrogen-bond acceptors (Lipinski definition) is 2. The first kappa shape index (κ1) is 22.1. The molecule has 2 aliphatic rings. The van der Waals surface area contributed by atoms with Crippen LogP contribution in [-0.4, -0.2) is 36.5 Å². The van der Waals surface area contributed by atoms with Crippen LogP contribution in [0.2, 0.25) is 0 Å². The van der Waals surface area contributed by atoms with Gasteiger partial charge in [0, 0.05) is 37.4 Å². The van der Waals surface area contributed by atoms with Crippen molar-refractivity contribution in [2.75, 3.05) is 24.5 Å². The van der Waals surface area contributed by atoms with E-state index in [1.165, 1.54) is 30.4 Å². The summed E-state index contributed by atoms with van der Waals surface area (Å²) in [6.07, 6.45) is 9.06. The summed E-state index contributed by atoms with van der Waals surface area (Å²) in [5.41, 5.74) is 5.29. The van der Waals surface area contributed by atoms with Crippen molar-refractivity contribution in [1.29, 1.82) is 0 Å². The van der Waals surface area contributed by atoms with Gasteiger partial charge in [0.2, 0.25) is 0 Å². The molecule has 1 aliphatic heterocycles. The monoisotopic (exact) mass is 431 g/mol. The van der Waals surface area contributed by atoms with Gasteiger partial charge in [-0.05, 0) is 75.3 Å². The van der Waals surface area contributed by atoms with Gasteiger partial charge in [-0.3, -0.25) is 9.69 Å². The van der Waals surface area contributed by atoms with Gasteiger partial charge in [0.25, 0.3) is 5.91 Å². The van der Waals surface area contributed by atoms with Crippen LogP contribution in [0.15, 0.2) is 60.2 Å². The molecule has 0 bridgehead atoms.